The van der Waals surface area contributed by atoms with E-state index in [2.05, 4.69) is 11.8 Å². The molecule has 0 unspecified atom stereocenters. The van der Waals surface area contributed by atoms with E-state index in [-0.39, 0.29) is 23.9 Å². The zero-order valence-electron chi connectivity index (χ0n) is 17.1. The standard InChI is InChI=1S/C21H24Cl3N3O3S/c1-2-25-9-11-26(12-10-25)21(28)15-27(14-16-3-4-18(23)13-20(16)24)31(29,30)19-7-5-17(22)6-8-19/h3-8,13H,2,9-12,14-15H2,1H3. The average molecular weight is 505 g/mol. The second kappa shape index (κ2) is 10.5. The minimum atomic E-state index is -3.97. The highest BCUT2D eigenvalue weighted by Crippen LogP contribution is 2.26. The Hall–Kier alpha value is -1.35. The molecule has 2 aromatic rings. The maximum atomic E-state index is 13.4. The Morgan fingerprint density at radius 2 is 1.58 bits per heavy atom. The second-order valence-corrected chi connectivity index (χ2v) is 10.5. The minimum Gasteiger partial charge on any atom is -0.339 e. The lowest BCUT2D eigenvalue weighted by molar-refractivity contribution is -0.133. The maximum Gasteiger partial charge on any atom is 0.243 e. The molecule has 0 radical (unpaired) electrons. The number of hydrogen-bond acceptors (Lipinski definition) is 4. The predicted molar refractivity (Wildman–Crippen MR) is 124 cm³/mol. The second-order valence-electron chi connectivity index (χ2n) is 7.28. The molecule has 10 heteroatoms. The third kappa shape index (κ3) is 6.12. The predicted octanol–water partition coefficient (Wildman–Crippen LogP) is 4.00. The van der Waals surface area contributed by atoms with Crippen LogP contribution < -0.4 is 0 Å². The smallest absolute Gasteiger partial charge is 0.243 e. The van der Waals surface area contributed by atoms with Gasteiger partial charge in [0.15, 0.2) is 0 Å². The first-order chi connectivity index (χ1) is 14.7. The van der Waals surface area contributed by atoms with Crippen LogP contribution >= 0.6 is 34.8 Å². The van der Waals surface area contributed by atoms with Gasteiger partial charge in [-0.3, -0.25) is 4.79 Å². The molecule has 1 fully saturated rings. The SMILES string of the molecule is CCN1CCN(C(=O)CN(Cc2ccc(Cl)cc2Cl)S(=O)(=O)c2ccc(Cl)cc2)CC1. The quantitative estimate of drug-likeness (QED) is 0.572. The number of halogens is 3. The van der Waals surface area contributed by atoms with Gasteiger partial charge in [-0.25, -0.2) is 8.42 Å². The van der Waals surface area contributed by atoms with Crippen molar-refractivity contribution in [3.63, 3.8) is 0 Å². The van der Waals surface area contributed by atoms with Gasteiger partial charge in [0, 0.05) is 47.8 Å². The first kappa shape index (κ1) is 24.3. The molecule has 0 spiro atoms. The van der Waals surface area contributed by atoms with Crippen LogP contribution in [0, 0.1) is 0 Å². The number of likely N-dealkylation sites (N-methyl/N-ethyl adjacent to an activating group) is 1. The molecule has 2 aromatic carbocycles. The van der Waals surface area contributed by atoms with Crippen molar-refractivity contribution in [2.45, 2.75) is 18.4 Å². The lowest BCUT2D eigenvalue weighted by Gasteiger charge is -2.35. The van der Waals surface area contributed by atoms with Gasteiger partial charge in [-0.2, -0.15) is 4.31 Å². The van der Waals surface area contributed by atoms with Crippen molar-refractivity contribution >= 4 is 50.7 Å². The third-order valence-electron chi connectivity index (χ3n) is 5.30. The summed E-state index contributed by atoms with van der Waals surface area (Å²) >= 11 is 18.2. The van der Waals surface area contributed by atoms with Crippen molar-refractivity contribution in [1.82, 2.24) is 14.1 Å². The average Bonchev–Trinajstić information content (AvgIpc) is 2.75. The van der Waals surface area contributed by atoms with Gasteiger partial charge >= 0.3 is 0 Å². The van der Waals surface area contributed by atoms with Gasteiger partial charge in [0.1, 0.15) is 0 Å². The number of carbonyl (C=O) groups excluding carboxylic acids is 1. The summed E-state index contributed by atoms with van der Waals surface area (Å²) in [5.41, 5.74) is 0.562. The van der Waals surface area contributed by atoms with E-state index in [4.69, 9.17) is 34.8 Å². The molecule has 31 heavy (non-hydrogen) atoms. The fraction of sp³-hybridized carbons (Fsp3) is 0.381. The molecule has 1 aliphatic rings. The van der Waals surface area contributed by atoms with Crippen LogP contribution in [0.3, 0.4) is 0 Å². The Balaban J connectivity index is 1.86. The van der Waals surface area contributed by atoms with Crippen molar-refractivity contribution in [3.05, 3.63) is 63.1 Å². The Kier molecular flexibility index (Phi) is 8.24. The molecule has 1 saturated heterocycles. The topological polar surface area (TPSA) is 60.9 Å². The van der Waals surface area contributed by atoms with E-state index >= 15 is 0 Å². The summed E-state index contributed by atoms with van der Waals surface area (Å²) in [7, 11) is -3.97. The van der Waals surface area contributed by atoms with E-state index in [1.807, 2.05) is 0 Å². The van der Waals surface area contributed by atoms with Gasteiger partial charge in [-0.15, -0.1) is 0 Å². The van der Waals surface area contributed by atoms with Crippen molar-refractivity contribution in [3.8, 4) is 0 Å². The van der Waals surface area contributed by atoms with Crippen LogP contribution in [0.4, 0.5) is 0 Å². The number of sulfonamides is 1. The molecule has 0 aromatic heterocycles. The Bertz CT molecular complexity index is 1020. The van der Waals surface area contributed by atoms with E-state index in [0.717, 1.165) is 23.9 Å². The van der Waals surface area contributed by atoms with Gasteiger partial charge < -0.3 is 9.80 Å². The first-order valence-electron chi connectivity index (χ1n) is 9.90. The van der Waals surface area contributed by atoms with Gasteiger partial charge in [0.05, 0.1) is 11.4 Å². The molecule has 1 amide bonds. The zero-order chi connectivity index (χ0) is 22.6. The largest absolute Gasteiger partial charge is 0.339 e. The molecule has 0 atom stereocenters. The van der Waals surface area contributed by atoms with E-state index in [1.165, 1.54) is 24.3 Å². The highest BCUT2D eigenvalue weighted by molar-refractivity contribution is 7.89. The van der Waals surface area contributed by atoms with Crippen LogP contribution in [-0.4, -0.2) is 67.7 Å². The fourth-order valence-electron chi connectivity index (χ4n) is 3.39. The summed E-state index contributed by atoms with van der Waals surface area (Å²) in [6.45, 7) is 5.36. The number of piperazine rings is 1. The van der Waals surface area contributed by atoms with Crippen LogP contribution in [0.2, 0.25) is 15.1 Å². The zero-order valence-corrected chi connectivity index (χ0v) is 20.2. The molecule has 1 heterocycles. The molecular weight excluding hydrogens is 481 g/mol. The van der Waals surface area contributed by atoms with Gasteiger partial charge in [-0.1, -0.05) is 47.8 Å². The molecule has 0 aliphatic carbocycles. The molecule has 3 rings (SSSR count). The maximum absolute atomic E-state index is 13.4. The summed E-state index contributed by atoms with van der Waals surface area (Å²) in [6, 6.07) is 10.7. The highest BCUT2D eigenvalue weighted by Gasteiger charge is 2.30. The third-order valence-corrected chi connectivity index (χ3v) is 7.94. The number of rotatable bonds is 7. The van der Waals surface area contributed by atoms with Crippen molar-refractivity contribution in [1.29, 1.82) is 0 Å². The summed E-state index contributed by atoms with van der Waals surface area (Å²) in [5, 5.41) is 1.22. The normalized spacial score (nSPS) is 15.5. The molecule has 0 saturated carbocycles. The van der Waals surface area contributed by atoms with Crippen LogP contribution in [0.15, 0.2) is 47.4 Å². The Labute approximate surface area is 198 Å². The summed E-state index contributed by atoms with van der Waals surface area (Å²) in [4.78, 5) is 17.0. The summed E-state index contributed by atoms with van der Waals surface area (Å²) < 4.78 is 27.9. The lowest BCUT2D eigenvalue weighted by atomic mass is 10.2. The lowest BCUT2D eigenvalue weighted by Crippen LogP contribution is -2.51. The number of amides is 1. The number of hydrogen-bond donors (Lipinski definition) is 0. The van der Waals surface area contributed by atoms with Crippen molar-refractivity contribution < 1.29 is 13.2 Å². The molecule has 0 bridgehead atoms. The summed E-state index contributed by atoms with van der Waals surface area (Å²) in [5.74, 6) is -0.238. The molecule has 6 nitrogen and oxygen atoms in total. The monoisotopic (exact) mass is 503 g/mol. The minimum absolute atomic E-state index is 0.0539. The van der Waals surface area contributed by atoms with Gasteiger partial charge in [0.25, 0.3) is 0 Å². The number of benzene rings is 2. The van der Waals surface area contributed by atoms with Crippen molar-refractivity contribution in [2.75, 3.05) is 39.3 Å². The van der Waals surface area contributed by atoms with E-state index in [9.17, 15) is 13.2 Å². The van der Waals surface area contributed by atoms with E-state index in [0.29, 0.717) is 33.7 Å². The number of carbonyl (C=O) groups is 1. The summed E-state index contributed by atoms with van der Waals surface area (Å²) in [6.07, 6.45) is 0. The van der Waals surface area contributed by atoms with Gasteiger partial charge in [-0.05, 0) is 48.5 Å². The van der Waals surface area contributed by atoms with Crippen LogP contribution in [-0.2, 0) is 21.4 Å². The molecule has 0 N–H and O–H groups in total. The van der Waals surface area contributed by atoms with Crippen LogP contribution in [0.5, 0.6) is 0 Å². The van der Waals surface area contributed by atoms with Gasteiger partial charge in [0.2, 0.25) is 15.9 Å². The van der Waals surface area contributed by atoms with E-state index in [1.54, 1.807) is 23.1 Å². The van der Waals surface area contributed by atoms with Crippen molar-refractivity contribution in [2.24, 2.45) is 0 Å². The van der Waals surface area contributed by atoms with Crippen LogP contribution in [0.1, 0.15) is 12.5 Å². The molecular formula is C21H24Cl3N3O3S. The number of nitrogens with zero attached hydrogens (tertiary/aromatic N) is 3. The van der Waals surface area contributed by atoms with E-state index < -0.39 is 10.0 Å². The first-order valence-corrected chi connectivity index (χ1v) is 12.5. The Morgan fingerprint density at radius 1 is 0.968 bits per heavy atom. The van der Waals surface area contributed by atoms with Crippen LogP contribution in [0.25, 0.3) is 0 Å². The highest BCUT2D eigenvalue weighted by atomic mass is 35.5. The molecule has 1 aliphatic heterocycles. The Morgan fingerprint density at radius 3 is 2.16 bits per heavy atom. The fourth-order valence-corrected chi connectivity index (χ4v) is 5.35. The molecule has 168 valence electrons.